The van der Waals surface area contributed by atoms with Gasteiger partial charge in [0.15, 0.2) is 0 Å². The number of aryl methyl sites for hydroxylation is 1. The van der Waals surface area contributed by atoms with Gasteiger partial charge in [0.1, 0.15) is 28.5 Å². The number of carbonyl (C=O) groups excluding carboxylic acids is 1. The van der Waals surface area contributed by atoms with Crippen LogP contribution in [0.15, 0.2) is 76.3 Å². The van der Waals surface area contributed by atoms with E-state index in [2.05, 4.69) is 20.0 Å². The zero-order valence-corrected chi connectivity index (χ0v) is 17.1. The molecule has 0 aliphatic rings. The molecule has 1 amide bonds. The van der Waals surface area contributed by atoms with Crippen LogP contribution in [0.25, 0.3) is 11.0 Å². The second-order valence-corrected chi connectivity index (χ2v) is 7.02. The molecule has 7 nitrogen and oxygen atoms in total. The lowest BCUT2D eigenvalue weighted by molar-refractivity contribution is -0.274. The molecule has 0 fully saturated rings. The third-order valence-electron chi connectivity index (χ3n) is 4.41. The highest BCUT2D eigenvalue weighted by Crippen LogP contribution is 2.26. The van der Waals surface area contributed by atoms with Crippen LogP contribution in [0.5, 0.6) is 11.5 Å². The molecule has 2 aromatic heterocycles. The van der Waals surface area contributed by atoms with Gasteiger partial charge in [0.05, 0.1) is 5.69 Å². The molecule has 2 aromatic carbocycles. The number of rotatable bonds is 4. The molecule has 0 radical (unpaired) electrons. The maximum Gasteiger partial charge on any atom is 0.573 e. The van der Waals surface area contributed by atoms with Crippen molar-refractivity contribution in [3.63, 3.8) is 0 Å². The van der Waals surface area contributed by atoms with Crippen molar-refractivity contribution in [1.82, 2.24) is 4.98 Å². The van der Waals surface area contributed by atoms with Crippen molar-refractivity contribution >= 4 is 28.4 Å². The van der Waals surface area contributed by atoms with Gasteiger partial charge in [0, 0.05) is 23.7 Å². The van der Waals surface area contributed by atoms with Crippen LogP contribution in [0.4, 0.5) is 24.7 Å². The summed E-state index contributed by atoms with van der Waals surface area (Å²) in [5.41, 5.74) is 1.02. The number of nitrogens with zero attached hydrogens (tertiary/aromatic N) is 2. The van der Waals surface area contributed by atoms with Crippen LogP contribution in [-0.4, -0.2) is 22.4 Å². The van der Waals surface area contributed by atoms with E-state index >= 15 is 0 Å². The van der Waals surface area contributed by atoms with Crippen molar-refractivity contribution < 1.29 is 32.2 Å². The molecular weight excluding hydrogens is 439 g/mol. The van der Waals surface area contributed by atoms with Crippen molar-refractivity contribution in [3.05, 3.63) is 83.5 Å². The number of aromatic hydroxyl groups is 1. The van der Waals surface area contributed by atoms with Gasteiger partial charge in [-0.2, -0.15) is 0 Å². The minimum atomic E-state index is -4.87. The van der Waals surface area contributed by atoms with Gasteiger partial charge < -0.3 is 19.6 Å². The molecule has 10 heteroatoms. The van der Waals surface area contributed by atoms with Gasteiger partial charge >= 0.3 is 6.36 Å². The highest BCUT2D eigenvalue weighted by atomic mass is 19.4. The summed E-state index contributed by atoms with van der Waals surface area (Å²) in [6, 6.07) is 14.1. The number of aromatic nitrogens is 1. The van der Waals surface area contributed by atoms with Crippen LogP contribution in [-0.2, 0) is 0 Å². The van der Waals surface area contributed by atoms with Crippen molar-refractivity contribution in [3.8, 4) is 11.5 Å². The van der Waals surface area contributed by atoms with Crippen molar-refractivity contribution in [1.29, 1.82) is 0 Å². The first-order valence-electron chi connectivity index (χ1n) is 9.58. The number of nitrogens with one attached hydrogen (secondary N) is 1. The number of hydrogen-bond donors (Lipinski definition) is 2. The Morgan fingerprint density at radius 1 is 1.12 bits per heavy atom. The molecule has 0 spiro atoms. The maximum atomic E-state index is 13.0. The number of anilines is 1. The number of amides is 1. The fourth-order valence-electron chi connectivity index (χ4n) is 2.95. The van der Waals surface area contributed by atoms with Crippen molar-refractivity contribution in [2.75, 3.05) is 5.32 Å². The molecule has 0 atom stereocenters. The quantitative estimate of drug-likeness (QED) is 0.440. The minimum absolute atomic E-state index is 0.0118. The Hall–Kier alpha value is -4.34. The Labute approximate surface area is 184 Å². The van der Waals surface area contributed by atoms with E-state index in [0.717, 1.165) is 17.7 Å². The third kappa shape index (κ3) is 5.48. The number of pyridine rings is 1. The van der Waals surface area contributed by atoms with E-state index in [0.29, 0.717) is 11.2 Å². The summed E-state index contributed by atoms with van der Waals surface area (Å²) in [5, 5.41) is 12.9. The number of ether oxygens (including phenoxy) is 1. The largest absolute Gasteiger partial charge is 0.573 e. The molecular formula is C23H16F3N3O4. The third-order valence-corrected chi connectivity index (χ3v) is 4.41. The predicted molar refractivity (Wildman–Crippen MR) is 113 cm³/mol. The number of hydrogen-bond acceptors (Lipinski definition) is 6. The molecule has 0 aliphatic heterocycles. The Balaban J connectivity index is 1.81. The predicted octanol–water partition coefficient (Wildman–Crippen LogP) is 5.23. The Morgan fingerprint density at radius 2 is 1.94 bits per heavy atom. The molecule has 33 heavy (non-hydrogen) atoms. The van der Waals surface area contributed by atoms with Crippen LogP contribution in [0.3, 0.4) is 0 Å². The lowest BCUT2D eigenvalue weighted by atomic mass is 10.1. The van der Waals surface area contributed by atoms with E-state index in [1.54, 1.807) is 24.4 Å². The second-order valence-electron chi connectivity index (χ2n) is 7.02. The summed E-state index contributed by atoms with van der Waals surface area (Å²) in [5.74, 6) is -0.842. The summed E-state index contributed by atoms with van der Waals surface area (Å²) in [7, 11) is 0. The summed E-state index contributed by atoms with van der Waals surface area (Å²) in [4.78, 5) is 21.3. The molecule has 0 bridgehead atoms. The van der Waals surface area contributed by atoms with E-state index < -0.39 is 18.0 Å². The van der Waals surface area contributed by atoms with Gasteiger partial charge in [-0.05, 0) is 48.9 Å². The topological polar surface area (TPSA) is 97.0 Å². The average Bonchev–Trinajstić information content (AvgIpc) is 2.74. The molecule has 0 saturated heterocycles. The summed E-state index contributed by atoms with van der Waals surface area (Å²) in [6.45, 7) is 1.85. The Kier molecular flexibility index (Phi) is 5.74. The smallest absolute Gasteiger partial charge is 0.508 e. The molecule has 2 N–H and O–H groups in total. The van der Waals surface area contributed by atoms with Gasteiger partial charge in [-0.1, -0.05) is 12.1 Å². The Morgan fingerprint density at radius 3 is 2.67 bits per heavy atom. The fraction of sp³-hybridized carbons (Fsp3) is 0.0870. The average molecular weight is 455 g/mol. The first-order valence-corrected chi connectivity index (χ1v) is 9.58. The van der Waals surface area contributed by atoms with Gasteiger partial charge in [-0.15, -0.1) is 13.2 Å². The standard InChI is InChI=1S/C23H16F3N3O4/c1-13-5-8-20(27-12-13)29-21(31)18-9-14-6-7-16(30)11-19(14)32-22(18)28-15-3-2-4-17(10-15)33-23(24,25)26/h2-12,30H,1H3,(H,27,29,31). The van der Waals surface area contributed by atoms with E-state index in [9.17, 15) is 23.1 Å². The zero-order chi connectivity index (χ0) is 23.6. The lowest BCUT2D eigenvalue weighted by Gasteiger charge is -2.09. The molecule has 0 unspecified atom stereocenters. The number of halogens is 3. The first-order chi connectivity index (χ1) is 15.7. The normalized spacial score (nSPS) is 12.1. The summed E-state index contributed by atoms with van der Waals surface area (Å²) < 4.78 is 47.3. The number of phenolic OH excluding ortho intramolecular Hbond substituents is 1. The van der Waals surface area contributed by atoms with Gasteiger partial charge in [0.2, 0.25) is 5.55 Å². The number of alkyl halides is 3. The summed E-state index contributed by atoms with van der Waals surface area (Å²) >= 11 is 0. The van der Waals surface area contributed by atoms with Gasteiger partial charge in [-0.3, -0.25) is 4.79 Å². The van der Waals surface area contributed by atoms with E-state index in [1.165, 1.54) is 30.3 Å². The SMILES string of the molecule is Cc1ccc(NC(=O)c2cc3ccc(O)cc3oc2=Nc2cccc(OC(F)(F)F)c2)nc1. The van der Waals surface area contributed by atoms with Crippen LogP contribution in [0.1, 0.15) is 15.9 Å². The highest BCUT2D eigenvalue weighted by Gasteiger charge is 2.31. The van der Waals surface area contributed by atoms with Crippen molar-refractivity contribution in [2.45, 2.75) is 13.3 Å². The fourth-order valence-corrected chi connectivity index (χ4v) is 2.95. The number of phenols is 1. The number of carbonyl (C=O) groups is 1. The minimum Gasteiger partial charge on any atom is -0.508 e. The first kappa shape index (κ1) is 21.9. The molecule has 168 valence electrons. The highest BCUT2D eigenvalue weighted by molar-refractivity contribution is 6.05. The molecule has 0 saturated carbocycles. The maximum absolute atomic E-state index is 13.0. The van der Waals surface area contributed by atoms with Gasteiger partial charge in [-0.25, -0.2) is 9.98 Å². The molecule has 4 rings (SSSR count). The van der Waals surface area contributed by atoms with E-state index in [-0.39, 0.29) is 28.1 Å². The van der Waals surface area contributed by atoms with Crippen LogP contribution in [0, 0.1) is 6.92 Å². The lowest BCUT2D eigenvalue weighted by Crippen LogP contribution is -2.22. The van der Waals surface area contributed by atoms with Crippen LogP contribution in [0.2, 0.25) is 0 Å². The van der Waals surface area contributed by atoms with E-state index in [1.807, 2.05) is 6.92 Å². The molecule has 2 heterocycles. The summed E-state index contributed by atoms with van der Waals surface area (Å²) in [6.07, 6.45) is -3.28. The van der Waals surface area contributed by atoms with Crippen LogP contribution < -0.4 is 15.6 Å². The number of benzene rings is 2. The zero-order valence-electron chi connectivity index (χ0n) is 17.1. The molecule has 4 aromatic rings. The van der Waals surface area contributed by atoms with Crippen molar-refractivity contribution in [2.24, 2.45) is 4.99 Å². The monoisotopic (exact) mass is 455 g/mol. The van der Waals surface area contributed by atoms with Gasteiger partial charge in [0.25, 0.3) is 5.91 Å². The number of fused-ring (bicyclic) bond motifs is 1. The second kappa shape index (κ2) is 8.65. The van der Waals surface area contributed by atoms with Crippen LogP contribution >= 0.6 is 0 Å². The Bertz CT molecular complexity index is 1400. The van der Waals surface area contributed by atoms with E-state index in [4.69, 9.17) is 4.42 Å². The molecule has 0 aliphatic carbocycles.